The number of nitriles is 1. The molecule has 4 aromatic rings. The molecule has 0 bridgehead atoms. The van der Waals surface area contributed by atoms with Crippen LogP contribution in [0.2, 0.25) is 5.02 Å². The standard InChI is InChI=1S/C27H24ClN5O2/c1-17-14-20(18(2)32(17)23-12-10-22(28)11-13-23)15-21(16-29)26(34)30-25-19(3)31(4)33(27(25)35)24-8-6-5-7-9-24/h5-15H,1-4H3,(H,30,34)/b21-15+. The normalized spacial score (nSPS) is 11.4. The highest BCUT2D eigenvalue weighted by molar-refractivity contribution is 6.30. The van der Waals surface area contributed by atoms with Gasteiger partial charge in [-0.05, 0) is 74.9 Å². The summed E-state index contributed by atoms with van der Waals surface area (Å²) in [6.07, 6.45) is 1.54. The van der Waals surface area contributed by atoms with Gasteiger partial charge < -0.3 is 9.88 Å². The van der Waals surface area contributed by atoms with Gasteiger partial charge in [-0.1, -0.05) is 29.8 Å². The number of rotatable bonds is 5. The molecular weight excluding hydrogens is 462 g/mol. The molecule has 4 rings (SSSR count). The zero-order chi connectivity index (χ0) is 25.3. The molecule has 35 heavy (non-hydrogen) atoms. The molecule has 7 nitrogen and oxygen atoms in total. The largest absolute Gasteiger partial charge is 0.318 e. The Labute approximate surface area is 208 Å². The van der Waals surface area contributed by atoms with Crippen molar-refractivity contribution in [2.75, 3.05) is 5.32 Å². The second kappa shape index (κ2) is 9.53. The molecule has 0 saturated heterocycles. The maximum Gasteiger partial charge on any atom is 0.295 e. The number of para-hydroxylation sites is 1. The molecule has 0 radical (unpaired) electrons. The van der Waals surface area contributed by atoms with Crippen molar-refractivity contribution in [1.82, 2.24) is 13.9 Å². The molecule has 0 unspecified atom stereocenters. The zero-order valence-electron chi connectivity index (χ0n) is 19.8. The van der Waals surface area contributed by atoms with E-state index in [1.807, 2.05) is 85.1 Å². The van der Waals surface area contributed by atoms with Crippen molar-refractivity contribution in [2.45, 2.75) is 20.8 Å². The van der Waals surface area contributed by atoms with E-state index in [0.717, 1.165) is 22.6 Å². The number of hydrogen-bond donors (Lipinski definition) is 1. The van der Waals surface area contributed by atoms with Crippen molar-refractivity contribution in [3.8, 4) is 17.4 Å². The summed E-state index contributed by atoms with van der Waals surface area (Å²) >= 11 is 6.02. The lowest BCUT2D eigenvalue weighted by Crippen LogP contribution is -2.23. The summed E-state index contributed by atoms with van der Waals surface area (Å²) in [4.78, 5) is 26.2. The minimum absolute atomic E-state index is 0.102. The minimum Gasteiger partial charge on any atom is -0.318 e. The van der Waals surface area contributed by atoms with Crippen molar-refractivity contribution < 1.29 is 4.79 Å². The number of anilines is 1. The monoisotopic (exact) mass is 485 g/mol. The fourth-order valence-electron chi connectivity index (χ4n) is 4.12. The maximum absolute atomic E-state index is 13.1. The second-order valence-electron chi connectivity index (χ2n) is 8.20. The summed E-state index contributed by atoms with van der Waals surface area (Å²) in [5.41, 5.74) is 4.38. The van der Waals surface area contributed by atoms with E-state index in [9.17, 15) is 14.9 Å². The molecule has 0 atom stereocenters. The highest BCUT2D eigenvalue weighted by Crippen LogP contribution is 2.24. The van der Waals surface area contributed by atoms with E-state index in [-0.39, 0.29) is 16.8 Å². The topological polar surface area (TPSA) is 84.8 Å². The molecular formula is C27H24ClN5O2. The molecule has 0 fully saturated rings. The molecule has 2 aromatic carbocycles. The molecule has 1 amide bonds. The average molecular weight is 486 g/mol. The first-order valence-corrected chi connectivity index (χ1v) is 11.3. The van der Waals surface area contributed by atoms with Gasteiger partial charge in [-0.15, -0.1) is 0 Å². The number of hydrogen-bond acceptors (Lipinski definition) is 3. The van der Waals surface area contributed by atoms with E-state index in [0.29, 0.717) is 16.4 Å². The van der Waals surface area contributed by atoms with E-state index in [1.54, 1.807) is 18.7 Å². The molecule has 0 aliphatic heterocycles. The highest BCUT2D eigenvalue weighted by atomic mass is 35.5. The second-order valence-corrected chi connectivity index (χ2v) is 8.64. The van der Waals surface area contributed by atoms with Crippen LogP contribution < -0.4 is 10.9 Å². The van der Waals surface area contributed by atoms with Gasteiger partial charge in [-0.3, -0.25) is 14.3 Å². The molecule has 176 valence electrons. The number of amides is 1. The van der Waals surface area contributed by atoms with Crippen LogP contribution in [0.1, 0.15) is 22.6 Å². The number of nitrogens with one attached hydrogen (secondary N) is 1. The number of nitrogens with zero attached hydrogens (tertiary/aromatic N) is 4. The summed E-state index contributed by atoms with van der Waals surface area (Å²) in [5.74, 6) is -0.644. The van der Waals surface area contributed by atoms with Crippen LogP contribution in [-0.4, -0.2) is 19.8 Å². The Morgan fingerprint density at radius 1 is 1.00 bits per heavy atom. The lowest BCUT2D eigenvalue weighted by molar-refractivity contribution is -0.112. The molecule has 0 saturated carbocycles. The predicted octanol–water partition coefficient (Wildman–Crippen LogP) is 5.09. The average Bonchev–Trinajstić information content (AvgIpc) is 3.24. The lowest BCUT2D eigenvalue weighted by Gasteiger charge is -2.09. The Bertz CT molecular complexity index is 1550. The minimum atomic E-state index is -0.644. The third-order valence-electron chi connectivity index (χ3n) is 6.01. The molecule has 8 heteroatoms. The highest BCUT2D eigenvalue weighted by Gasteiger charge is 2.20. The number of carbonyl (C=O) groups excluding carboxylic acids is 1. The summed E-state index contributed by atoms with van der Waals surface area (Å²) in [7, 11) is 1.74. The first kappa shape index (κ1) is 23.9. The van der Waals surface area contributed by atoms with Crippen LogP contribution in [-0.2, 0) is 11.8 Å². The zero-order valence-corrected chi connectivity index (χ0v) is 20.6. The Morgan fingerprint density at radius 3 is 2.29 bits per heavy atom. The van der Waals surface area contributed by atoms with Crippen LogP contribution in [0.3, 0.4) is 0 Å². The molecule has 2 heterocycles. The summed E-state index contributed by atoms with van der Waals surface area (Å²) in [6.45, 7) is 5.61. The summed E-state index contributed by atoms with van der Waals surface area (Å²) in [6, 6.07) is 20.5. The molecule has 2 aromatic heterocycles. The Hall–Kier alpha value is -4.28. The van der Waals surface area contributed by atoms with Crippen molar-refractivity contribution in [1.29, 1.82) is 5.26 Å². The molecule has 0 spiro atoms. The van der Waals surface area contributed by atoms with Crippen molar-refractivity contribution >= 4 is 29.3 Å². The first-order valence-electron chi connectivity index (χ1n) is 10.9. The fraction of sp³-hybridized carbons (Fsp3) is 0.148. The van der Waals surface area contributed by atoms with Crippen LogP contribution in [0.25, 0.3) is 17.5 Å². The molecule has 0 aliphatic rings. The van der Waals surface area contributed by atoms with Gasteiger partial charge in [-0.25, -0.2) is 4.68 Å². The third-order valence-corrected chi connectivity index (χ3v) is 6.26. The van der Waals surface area contributed by atoms with E-state index in [2.05, 4.69) is 5.32 Å². The summed E-state index contributed by atoms with van der Waals surface area (Å²) in [5, 5.41) is 13.0. The Morgan fingerprint density at radius 2 is 1.66 bits per heavy atom. The van der Waals surface area contributed by atoms with Gasteiger partial charge in [0, 0.05) is 29.1 Å². The maximum atomic E-state index is 13.1. The van der Waals surface area contributed by atoms with Crippen LogP contribution >= 0.6 is 11.6 Å². The van der Waals surface area contributed by atoms with Crippen molar-refractivity contribution in [2.24, 2.45) is 7.05 Å². The van der Waals surface area contributed by atoms with Crippen LogP contribution in [0, 0.1) is 32.1 Å². The van der Waals surface area contributed by atoms with E-state index in [1.165, 1.54) is 10.8 Å². The van der Waals surface area contributed by atoms with Gasteiger partial charge in [0.05, 0.1) is 11.4 Å². The van der Waals surface area contributed by atoms with Crippen molar-refractivity contribution in [3.63, 3.8) is 0 Å². The molecule has 1 N–H and O–H groups in total. The quantitative estimate of drug-likeness (QED) is 0.315. The number of carbonyl (C=O) groups is 1. The van der Waals surface area contributed by atoms with Crippen molar-refractivity contribution in [3.05, 3.63) is 104 Å². The van der Waals surface area contributed by atoms with E-state index >= 15 is 0 Å². The Balaban J connectivity index is 1.68. The van der Waals surface area contributed by atoms with Gasteiger partial charge in [0.25, 0.3) is 11.5 Å². The number of halogens is 1. The summed E-state index contributed by atoms with van der Waals surface area (Å²) < 4.78 is 5.16. The number of aromatic nitrogens is 3. The molecule has 0 aliphatic carbocycles. The van der Waals surface area contributed by atoms with Gasteiger partial charge in [0.1, 0.15) is 17.3 Å². The SMILES string of the molecule is Cc1cc(/C=C(\C#N)C(=O)Nc2c(C)n(C)n(-c3ccccc3)c2=O)c(C)n1-c1ccc(Cl)cc1. The smallest absolute Gasteiger partial charge is 0.295 e. The number of benzene rings is 2. The van der Waals surface area contributed by atoms with Gasteiger partial charge >= 0.3 is 0 Å². The van der Waals surface area contributed by atoms with Gasteiger partial charge in [0.15, 0.2) is 0 Å². The first-order chi connectivity index (χ1) is 16.7. The predicted molar refractivity (Wildman–Crippen MR) is 138 cm³/mol. The van der Waals surface area contributed by atoms with E-state index < -0.39 is 5.91 Å². The van der Waals surface area contributed by atoms with Gasteiger partial charge in [-0.2, -0.15) is 5.26 Å². The van der Waals surface area contributed by atoms with Crippen LogP contribution in [0.15, 0.2) is 71.0 Å². The lowest BCUT2D eigenvalue weighted by atomic mass is 10.1. The Kier molecular flexibility index (Phi) is 6.50. The third kappa shape index (κ3) is 4.44. The van der Waals surface area contributed by atoms with E-state index in [4.69, 9.17) is 11.6 Å². The van der Waals surface area contributed by atoms with Gasteiger partial charge in [0.2, 0.25) is 0 Å². The van der Waals surface area contributed by atoms with Crippen LogP contribution in [0.5, 0.6) is 0 Å². The fourth-order valence-corrected chi connectivity index (χ4v) is 4.24. The van der Waals surface area contributed by atoms with Crippen LogP contribution in [0.4, 0.5) is 5.69 Å². The number of aryl methyl sites for hydroxylation is 1.